The summed E-state index contributed by atoms with van der Waals surface area (Å²) in [6.07, 6.45) is 4.08. The summed E-state index contributed by atoms with van der Waals surface area (Å²) in [6.45, 7) is 5.59. The SMILES string of the molecule is CCOc1ccc(/C=C/C(=O)N[C@@H]2CCOc3ccccc32)cc1OCC. The van der Waals surface area contributed by atoms with E-state index in [9.17, 15) is 4.79 Å². The topological polar surface area (TPSA) is 56.8 Å². The van der Waals surface area contributed by atoms with E-state index in [-0.39, 0.29) is 11.9 Å². The molecule has 0 saturated heterocycles. The third-order valence-corrected chi connectivity index (χ3v) is 4.27. The molecule has 3 rings (SSSR count). The molecule has 0 saturated carbocycles. The number of para-hydroxylation sites is 1. The Morgan fingerprint density at radius 1 is 1.15 bits per heavy atom. The number of fused-ring (bicyclic) bond motifs is 1. The average molecular weight is 367 g/mol. The van der Waals surface area contributed by atoms with Gasteiger partial charge in [-0.15, -0.1) is 0 Å². The first-order valence-electron chi connectivity index (χ1n) is 9.31. The number of hydrogen-bond acceptors (Lipinski definition) is 4. The third kappa shape index (κ3) is 4.82. The van der Waals surface area contributed by atoms with Crippen LogP contribution < -0.4 is 19.5 Å². The summed E-state index contributed by atoms with van der Waals surface area (Å²) in [5.41, 5.74) is 1.90. The first-order chi connectivity index (χ1) is 13.2. The highest BCUT2D eigenvalue weighted by Crippen LogP contribution is 2.31. The van der Waals surface area contributed by atoms with Crippen molar-refractivity contribution in [2.45, 2.75) is 26.3 Å². The molecule has 0 aromatic heterocycles. The molecule has 1 N–H and O–H groups in total. The van der Waals surface area contributed by atoms with Crippen molar-refractivity contribution in [1.82, 2.24) is 5.32 Å². The van der Waals surface area contributed by atoms with E-state index in [1.807, 2.05) is 56.3 Å². The summed E-state index contributed by atoms with van der Waals surface area (Å²) < 4.78 is 16.8. The number of ether oxygens (including phenoxy) is 3. The maximum atomic E-state index is 12.4. The molecule has 2 aromatic rings. The first-order valence-corrected chi connectivity index (χ1v) is 9.31. The Morgan fingerprint density at radius 3 is 2.74 bits per heavy atom. The molecule has 0 bridgehead atoms. The van der Waals surface area contributed by atoms with Crippen LogP contribution in [0.25, 0.3) is 6.08 Å². The van der Waals surface area contributed by atoms with E-state index < -0.39 is 0 Å². The van der Waals surface area contributed by atoms with Crippen molar-refractivity contribution in [1.29, 1.82) is 0 Å². The Balaban J connectivity index is 1.68. The number of carbonyl (C=O) groups is 1. The molecule has 1 heterocycles. The highest BCUT2D eigenvalue weighted by atomic mass is 16.5. The minimum absolute atomic E-state index is 0.0357. The van der Waals surface area contributed by atoms with Gasteiger partial charge in [-0.3, -0.25) is 4.79 Å². The van der Waals surface area contributed by atoms with Gasteiger partial charge < -0.3 is 19.5 Å². The zero-order valence-corrected chi connectivity index (χ0v) is 15.7. The molecule has 0 radical (unpaired) electrons. The van der Waals surface area contributed by atoms with Crippen LogP contribution in [0.3, 0.4) is 0 Å². The molecule has 0 unspecified atom stereocenters. The smallest absolute Gasteiger partial charge is 0.244 e. The predicted octanol–water partition coefficient (Wildman–Crippen LogP) is 4.14. The van der Waals surface area contributed by atoms with Crippen LogP contribution >= 0.6 is 0 Å². The quantitative estimate of drug-likeness (QED) is 0.748. The van der Waals surface area contributed by atoms with E-state index in [0.29, 0.717) is 31.3 Å². The fourth-order valence-corrected chi connectivity index (χ4v) is 3.06. The second kappa shape index (κ2) is 9.12. The Morgan fingerprint density at radius 2 is 1.93 bits per heavy atom. The first kappa shape index (κ1) is 18.8. The highest BCUT2D eigenvalue weighted by molar-refractivity contribution is 5.92. The van der Waals surface area contributed by atoms with Crippen LogP contribution in [-0.4, -0.2) is 25.7 Å². The molecule has 5 heteroatoms. The largest absolute Gasteiger partial charge is 0.493 e. The van der Waals surface area contributed by atoms with E-state index in [4.69, 9.17) is 14.2 Å². The molecule has 27 heavy (non-hydrogen) atoms. The monoisotopic (exact) mass is 367 g/mol. The molecular weight excluding hydrogens is 342 g/mol. The number of nitrogens with one attached hydrogen (secondary N) is 1. The van der Waals surface area contributed by atoms with Gasteiger partial charge in [0.2, 0.25) is 5.91 Å². The van der Waals surface area contributed by atoms with Gasteiger partial charge in [-0.2, -0.15) is 0 Å². The average Bonchev–Trinajstić information content (AvgIpc) is 2.69. The molecule has 2 aromatic carbocycles. The summed E-state index contributed by atoms with van der Waals surface area (Å²) >= 11 is 0. The summed E-state index contributed by atoms with van der Waals surface area (Å²) in [4.78, 5) is 12.4. The van der Waals surface area contributed by atoms with Crippen LogP contribution in [0, 0.1) is 0 Å². The van der Waals surface area contributed by atoms with Gasteiger partial charge in [-0.1, -0.05) is 24.3 Å². The van der Waals surface area contributed by atoms with Crippen LogP contribution in [0.5, 0.6) is 17.2 Å². The number of carbonyl (C=O) groups excluding carboxylic acids is 1. The Bertz CT molecular complexity index is 816. The third-order valence-electron chi connectivity index (χ3n) is 4.27. The van der Waals surface area contributed by atoms with Crippen molar-refractivity contribution < 1.29 is 19.0 Å². The molecular formula is C22H25NO4. The summed E-state index contributed by atoms with van der Waals surface area (Å²) in [5.74, 6) is 2.09. The number of hydrogen-bond donors (Lipinski definition) is 1. The molecule has 0 fully saturated rings. The summed E-state index contributed by atoms with van der Waals surface area (Å²) in [6, 6.07) is 13.4. The fourth-order valence-electron chi connectivity index (χ4n) is 3.06. The molecule has 1 amide bonds. The van der Waals surface area contributed by atoms with Crippen molar-refractivity contribution >= 4 is 12.0 Å². The van der Waals surface area contributed by atoms with Crippen molar-refractivity contribution in [3.63, 3.8) is 0 Å². The van der Waals surface area contributed by atoms with Gasteiger partial charge >= 0.3 is 0 Å². The maximum absolute atomic E-state index is 12.4. The number of amides is 1. The number of benzene rings is 2. The van der Waals surface area contributed by atoms with Gasteiger partial charge in [0.15, 0.2) is 11.5 Å². The van der Waals surface area contributed by atoms with Crippen LogP contribution in [-0.2, 0) is 4.79 Å². The van der Waals surface area contributed by atoms with E-state index in [0.717, 1.165) is 23.3 Å². The molecule has 5 nitrogen and oxygen atoms in total. The second-order valence-electron chi connectivity index (χ2n) is 6.14. The second-order valence-corrected chi connectivity index (χ2v) is 6.14. The number of rotatable bonds is 7. The predicted molar refractivity (Wildman–Crippen MR) is 105 cm³/mol. The lowest BCUT2D eigenvalue weighted by molar-refractivity contribution is -0.117. The molecule has 1 atom stereocenters. The summed E-state index contributed by atoms with van der Waals surface area (Å²) in [7, 11) is 0. The van der Waals surface area contributed by atoms with E-state index in [1.54, 1.807) is 12.2 Å². The molecule has 1 aliphatic heterocycles. The lowest BCUT2D eigenvalue weighted by atomic mass is 10.0. The van der Waals surface area contributed by atoms with Gasteiger partial charge in [-0.05, 0) is 43.7 Å². The van der Waals surface area contributed by atoms with Gasteiger partial charge in [0.25, 0.3) is 0 Å². The normalized spacial score (nSPS) is 15.7. The Hall–Kier alpha value is -2.95. The van der Waals surface area contributed by atoms with E-state index in [1.165, 1.54) is 0 Å². The highest BCUT2D eigenvalue weighted by Gasteiger charge is 2.21. The Labute approximate surface area is 159 Å². The van der Waals surface area contributed by atoms with Crippen molar-refractivity contribution in [2.75, 3.05) is 19.8 Å². The lowest BCUT2D eigenvalue weighted by Crippen LogP contribution is -2.30. The zero-order chi connectivity index (χ0) is 19.1. The molecule has 0 spiro atoms. The van der Waals surface area contributed by atoms with Gasteiger partial charge in [0, 0.05) is 18.1 Å². The standard InChI is InChI=1S/C22H25NO4/c1-3-25-20-11-9-16(15-21(20)26-4-2)10-12-22(24)23-18-13-14-27-19-8-6-5-7-17(18)19/h5-12,15,18H,3-4,13-14H2,1-2H3,(H,23,24)/b12-10+/t18-/m1/s1. The van der Waals surface area contributed by atoms with Crippen LogP contribution in [0.1, 0.15) is 37.4 Å². The van der Waals surface area contributed by atoms with Crippen LogP contribution in [0.15, 0.2) is 48.5 Å². The van der Waals surface area contributed by atoms with Crippen molar-refractivity contribution in [3.05, 3.63) is 59.7 Å². The van der Waals surface area contributed by atoms with Gasteiger partial charge in [0.1, 0.15) is 5.75 Å². The lowest BCUT2D eigenvalue weighted by Gasteiger charge is -2.26. The maximum Gasteiger partial charge on any atom is 0.244 e. The molecule has 0 aliphatic carbocycles. The van der Waals surface area contributed by atoms with E-state index in [2.05, 4.69) is 5.32 Å². The van der Waals surface area contributed by atoms with Crippen molar-refractivity contribution in [2.24, 2.45) is 0 Å². The van der Waals surface area contributed by atoms with Crippen molar-refractivity contribution in [3.8, 4) is 17.2 Å². The Kier molecular flexibility index (Phi) is 6.36. The van der Waals surface area contributed by atoms with Gasteiger partial charge in [0.05, 0.1) is 25.9 Å². The van der Waals surface area contributed by atoms with Crippen LogP contribution in [0.2, 0.25) is 0 Å². The summed E-state index contributed by atoms with van der Waals surface area (Å²) in [5, 5.41) is 3.06. The zero-order valence-electron chi connectivity index (χ0n) is 15.7. The van der Waals surface area contributed by atoms with Gasteiger partial charge in [-0.25, -0.2) is 0 Å². The minimum Gasteiger partial charge on any atom is -0.493 e. The van der Waals surface area contributed by atoms with Crippen LogP contribution in [0.4, 0.5) is 0 Å². The molecule has 142 valence electrons. The fraction of sp³-hybridized carbons (Fsp3) is 0.318. The minimum atomic E-state index is -0.136. The molecule has 1 aliphatic rings. The van der Waals surface area contributed by atoms with E-state index >= 15 is 0 Å².